The molecule has 0 aliphatic carbocycles. The molecule has 1 amide bonds. The molecule has 3 nitrogen and oxygen atoms in total. The van der Waals surface area contributed by atoms with Crippen LogP contribution in [-0.4, -0.2) is 40.3 Å². The Morgan fingerprint density at radius 1 is 1.57 bits per heavy atom. The van der Waals surface area contributed by atoms with Crippen LogP contribution in [0.25, 0.3) is 0 Å². The van der Waals surface area contributed by atoms with Crippen molar-refractivity contribution in [3.8, 4) is 5.75 Å². The van der Waals surface area contributed by atoms with Gasteiger partial charge in [0.2, 0.25) is 0 Å². The first-order valence-electron chi connectivity index (χ1n) is 3.93. The minimum atomic E-state index is -0.0660. The van der Waals surface area contributed by atoms with Gasteiger partial charge < -0.3 is 0 Å². The molecule has 75 valence electrons. The van der Waals surface area contributed by atoms with E-state index in [-0.39, 0.29) is 19.0 Å². The van der Waals surface area contributed by atoms with Crippen molar-refractivity contribution in [3.05, 3.63) is 18.2 Å². The van der Waals surface area contributed by atoms with Gasteiger partial charge in [-0.05, 0) is 0 Å². The number of benzene rings is 1. The third kappa shape index (κ3) is 3.03. The summed E-state index contributed by atoms with van der Waals surface area (Å²) in [4.78, 5) is 10.9. The van der Waals surface area contributed by atoms with Crippen molar-refractivity contribution in [2.24, 2.45) is 0 Å². The van der Waals surface area contributed by atoms with E-state index in [9.17, 15) is 4.79 Å². The number of hydrogen-bond donors (Lipinski definition) is 1. The van der Waals surface area contributed by atoms with Gasteiger partial charge in [-0.3, -0.25) is 0 Å². The molecule has 14 heavy (non-hydrogen) atoms. The molecular weight excluding hydrogens is 312 g/mol. The van der Waals surface area contributed by atoms with E-state index in [2.05, 4.69) is 19.5 Å². The zero-order chi connectivity index (χ0) is 10.6. The Morgan fingerprint density at radius 2 is 2.29 bits per heavy atom. The van der Waals surface area contributed by atoms with E-state index in [1.807, 2.05) is 18.2 Å². The van der Waals surface area contributed by atoms with Crippen LogP contribution in [-0.2, 0) is 4.79 Å². The Kier molecular flexibility index (Phi) is 4.49. The second kappa shape index (κ2) is 5.42. The number of nitrogens with one attached hydrogen (secondary N) is 1. The quantitative estimate of drug-likeness (QED) is 0.800. The topological polar surface area (TPSA) is 38.3 Å². The van der Waals surface area contributed by atoms with E-state index in [4.69, 9.17) is 4.74 Å². The van der Waals surface area contributed by atoms with Crippen molar-refractivity contribution in [1.29, 1.82) is 0 Å². The predicted molar refractivity (Wildman–Crippen MR) is 58.4 cm³/mol. The summed E-state index contributed by atoms with van der Waals surface area (Å²) in [6.45, 7) is 1.50. The number of ether oxygens (including phenoxy) is 1. The summed E-state index contributed by atoms with van der Waals surface area (Å²) < 4.78 is 6.20. The molecule has 0 atom stereocenters. The Balaban J connectivity index is 3.01. The molecule has 0 spiro atoms. The number of rotatable bonds is 3. The van der Waals surface area contributed by atoms with E-state index in [1.165, 1.54) is 6.92 Å². The van der Waals surface area contributed by atoms with E-state index >= 15 is 0 Å². The molecule has 0 aromatic heterocycles. The van der Waals surface area contributed by atoms with Crippen molar-refractivity contribution >= 4 is 43.4 Å². The zero-order valence-electron chi connectivity index (χ0n) is 7.87. The Hall–Kier alpha value is -0.471. The first-order valence-corrected chi connectivity index (χ1v) is 9.12. The van der Waals surface area contributed by atoms with Crippen LogP contribution in [0.15, 0.2) is 18.2 Å². The fourth-order valence-electron chi connectivity index (χ4n) is 0.996. The summed E-state index contributed by atoms with van der Waals surface area (Å²) in [5.41, 5.74) is 0.829. The van der Waals surface area contributed by atoms with Crippen molar-refractivity contribution in [2.75, 3.05) is 12.4 Å². The molecule has 0 unspecified atom stereocenters. The first-order chi connectivity index (χ1) is 6.67. The summed E-state index contributed by atoms with van der Waals surface area (Å²) >= 11 is 3.22. The summed E-state index contributed by atoms with van der Waals surface area (Å²) in [5, 5.41) is 2.78. The van der Waals surface area contributed by atoms with E-state index in [0.717, 1.165) is 15.9 Å². The summed E-state index contributed by atoms with van der Waals surface area (Å²) in [7, 11) is 1.61. The zero-order valence-corrected chi connectivity index (χ0v) is 11.3. The fourth-order valence-corrected chi connectivity index (χ4v) is 3.26. The summed E-state index contributed by atoms with van der Waals surface area (Å²) in [6, 6.07) is 5.68. The van der Waals surface area contributed by atoms with Gasteiger partial charge >= 0.3 is 96.2 Å². The molecule has 0 fully saturated rings. The number of amides is 1. The number of anilines is 1. The molecule has 1 rings (SSSR count). The molecule has 0 saturated heterocycles. The molecule has 0 heterocycles. The normalized spacial score (nSPS) is 9.64. The molecule has 1 N–H and O–H groups in total. The SMILES string of the molecule is COc1ccc([Se][Se])c(NC(C)=O)c1. The first kappa shape index (κ1) is 11.6. The van der Waals surface area contributed by atoms with Gasteiger partial charge in [0.05, 0.1) is 0 Å². The minimum absolute atomic E-state index is 0.0660. The van der Waals surface area contributed by atoms with Gasteiger partial charge in [0.15, 0.2) is 0 Å². The summed E-state index contributed by atoms with van der Waals surface area (Å²) in [5.74, 6) is 0.686. The predicted octanol–water partition coefficient (Wildman–Crippen LogP) is 0.0666. The Bertz CT molecular complexity index is 342. The number of carbonyl (C=O) groups is 1. The second-order valence-corrected chi connectivity index (χ2v) is 5.72. The van der Waals surface area contributed by atoms with Crippen LogP contribution >= 0.6 is 0 Å². The monoisotopic (exact) mass is 324 g/mol. The third-order valence-electron chi connectivity index (χ3n) is 1.59. The van der Waals surface area contributed by atoms with Gasteiger partial charge in [-0.25, -0.2) is 0 Å². The van der Waals surface area contributed by atoms with E-state index in [1.54, 1.807) is 7.11 Å². The van der Waals surface area contributed by atoms with Crippen LogP contribution in [0.2, 0.25) is 0 Å². The van der Waals surface area contributed by atoms with Gasteiger partial charge in [0, 0.05) is 0 Å². The van der Waals surface area contributed by atoms with Crippen LogP contribution in [0.1, 0.15) is 6.92 Å². The third-order valence-corrected chi connectivity index (χ3v) is 4.67. The Labute approximate surface area is 96.1 Å². The van der Waals surface area contributed by atoms with Crippen molar-refractivity contribution in [2.45, 2.75) is 6.92 Å². The molecular formula is C9H10NO2Se2. The maximum atomic E-state index is 10.9. The van der Waals surface area contributed by atoms with Gasteiger partial charge in [0.25, 0.3) is 0 Å². The van der Waals surface area contributed by atoms with Crippen LogP contribution in [0, 0.1) is 0 Å². The van der Waals surface area contributed by atoms with Gasteiger partial charge in [0.1, 0.15) is 0 Å². The van der Waals surface area contributed by atoms with Gasteiger partial charge in [-0.15, -0.1) is 0 Å². The number of hydrogen-bond acceptors (Lipinski definition) is 2. The average molecular weight is 322 g/mol. The van der Waals surface area contributed by atoms with Crippen LogP contribution < -0.4 is 14.5 Å². The van der Waals surface area contributed by atoms with Crippen LogP contribution in [0.3, 0.4) is 0 Å². The fraction of sp³-hybridized carbons (Fsp3) is 0.222. The number of carbonyl (C=O) groups excluding carboxylic acids is 1. The molecule has 0 aliphatic heterocycles. The standard InChI is InChI=1S/C9H10NO2Se2/c1-6(11)10-8-5-7(12-2)3-4-9(8)14-13/h3-5H,1-2H3,(H,10,11). The number of methoxy groups -OCH3 is 1. The second-order valence-electron chi connectivity index (χ2n) is 2.63. The van der Waals surface area contributed by atoms with E-state index < -0.39 is 0 Å². The maximum absolute atomic E-state index is 10.9. The van der Waals surface area contributed by atoms with Crippen LogP contribution in [0.5, 0.6) is 5.75 Å². The molecule has 1 aromatic carbocycles. The molecule has 0 aliphatic rings. The summed E-state index contributed by atoms with van der Waals surface area (Å²) in [6.07, 6.45) is 0. The molecule has 0 bridgehead atoms. The Morgan fingerprint density at radius 3 is 2.79 bits per heavy atom. The van der Waals surface area contributed by atoms with Crippen molar-refractivity contribution in [3.63, 3.8) is 0 Å². The van der Waals surface area contributed by atoms with Crippen molar-refractivity contribution in [1.82, 2.24) is 0 Å². The van der Waals surface area contributed by atoms with E-state index in [0.29, 0.717) is 0 Å². The van der Waals surface area contributed by atoms with Crippen LogP contribution in [0.4, 0.5) is 5.69 Å². The molecule has 0 saturated carbocycles. The van der Waals surface area contributed by atoms with Crippen molar-refractivity contribution < 1.29 is 9.53 Å². The van der Waals surface area contributed by atoms with Gasteiger partial charge in [-0.2, -0.15) is 0 Å². The van der Waals surface area contributed by atoms with Gasteiger partial charge in [-0.1, -0.05) is 0 Å². The molecule has 1 aromatic rings. The molecule has 1 radical (unpaired) electrons. The average Bonchev–Trinajstić information content (AvgIpc) is 2.16. The molecule has 5 heteroatoms.